The summed E-state index contributed by atoms with van der Waals surface area (Å²) >= 11 is 6.10. The summed E-state index contributed by atoms with van der Waals surface area (Å²) < 4.78 is 27.3. The molecule has 0 bridgehead atoms. The van der Waals surface area contributed by atoms with E-state index < -0.39 is 10.0 Å². The summed E-state index contributed by atoms with van der Waals surface area (Å²) in [5.74, 6) is 1.72. The molecule has 0 aromatic heterocycles. The van der Waals surface area contributed by atoms with E-state index in [9.17, 15) is 8.42 Å². The molecule has 7 nitrogen and oxygen atoms in total. The smallest absolute Gasteiger partial charge is 0.243 e. The molecule has 9 heteroatoms. The average molecular weight is 394 g/mol. The number of piperazine rings is 1. The van der Waals surface area contributed by atoms with E-state index in [1.807, 2.05) is 13.1 Å². The van der Waals surface area contributed by atoms with E-state index in [2.05, 4.69) is 19.8 Å². The van der Waals surface area contributed by atoms with Crippen molar-refractivity contribution < 1.29 is 8.42 Å². The van der Waals surface area contributed by atoms with Gasteiger partial charge in [0, 0.05) is 50.1 Å². The lowest BCUT2D eigenvalue weighted by atomic mass is 10.2. The number of benzene rings is 1. The SMILES string of the molecule is Cc1ccc(S(=O)(=O)N2CCN(C3=NC=CN4CCN=C34)CC2)cc1Cl. The van der Waals surface area contributed by atoms with Gasteiger partial charge in [0.15, 0.2) is 11.7 Å². The third-order valence-corrected chi connectivity index (χ3v) is 7.14. The molecule has 3 heterocycles. The molecule has 1 aromatic rings. The van der Waals surface area contributed by atoms with E-state index in [0.717, 1.165) is 30.3 Å². The maximum atomic E-state index is 12.9. The Morgan fingerprint density at radius 1 is 1.08 bits per heavy atom. The van der Waals surface area contributed by atoms with Crippen LogP contribution in [0.1, 0.15) is 5.56 Å². The van der Waals surface area contributed by atoms with Gasteiger partial charge < -0.3 is 9.80 Å². The molecule has 1 aromatic carbocycles. The molecule has 0 spiro atoms. The van der Waals surface area contributed by atoms with Crippen LogP contribution < -0.4 is 0 Å². The van der Waals surface area contributed by atoms with Gasteiger partial charge in [-0.25, -0.2) is 13.4 Å². The van der Waals surface area contributed by atoms with Crippen molar-refractivity contribution in [2.45, 2.75) is 11.8 Å². The van der Waals surface area contributed by atoms with Crippen LogP contribution in [0.5, 0.6) is 0 Å². The zero-order valence-corrected chi connectivity index (χ0v) is 16.0. The Balaban J connectivity index is 1.49. The van der Waals surface area contributed by atoms with E-state index in [1.54, 1.807) is 18.3 Å². The van der Waals surface area contributed by atoms with Gasteiger partial charge in [-0.1, -0.05) is 17.7 Å². The lowest BCUT2D eigenvalue weighted by molar-refractivity contribution is 0.267. The molecule has 26 heavy (non-hydrogen) atoms. The Morgan fingerprint density at radius 2 is 1.85 bits per heavy atom. The van der Waals surface area contributed by atoms with E-state index in [0.29, 0.717) is 31.2 Å². The normalized spacial score (nSPS) is 20.8. The van der Waals surface area contributed by atoms with Crippen LogP contribution in [0.2, 0.25) is 5.02 Å². The lowest BCUT2D eigenvalue weighted by Crippen LogP contribution is -2.53. The van der Waals surface area contributed by atoms with Crippen LogP contribution in [-0.2, 0) is 10.0 Å². The molecule has 0 N–H and O–H groups in total. The number of hydrogen-bond acceptors (Lipinski definition) is 6. The molecule has 1 fully saturated rings. The molecule has 1 saturated heterocycles. The maximum Gasteiger partial charge on any atom is 0.243 e. The molecule has 4 rings (SSSR count). The lowest BCUT2D eigenvalue weighted by Gasteiger charge is -2.37. The van der Waals surface area contributed by atoms with Gasteiger partial charge in [-0.3, -0.25) is 4.99 Å². The first-order valence-corrected chi connectivity index (χ1v) is 10.4. The zero-order valence-electron chi connectivity index (χ0n) is 14.5. The number of nitrogens with zero attached hydrogens (tertiary/aromatic N) is 5. The minimum absolute atomic E-state index is 0.242. The standard InChI is InChI=1S/C17H20ClN5O2S/c1-13-2-3-14(12-15(13)18)26(24,25)23-10-8-22(9-11-23)17-16-19-4-6-21(16)7-5-20-17/h2-3,5,7,12H,4,6,8-11H2,1H3. The molecule has 0 aliphatic carbocycles. The van der Waals surface area contributed by atoms with Crippen LogP contribution in [0.15, 0.2) is 45.5 Å². The summed E-state index contributed by atoms with van der Waals surface area (Å²) in [6.07, 6.45) is 3.70. The highest BCUT2D eigenvalue weighted by atomic mass is 35.5. The Labute approximate surface area is 158 Å². The maximum absolute atomic E-state index is 12.9. The van der Waals surface area contributed by atoms with Crippen molar-refractivity contribution in [1.82, 2.24) is 14.1 Å². The summed E-state index contributed by atoms with van der Waals surface area (Å²) in [6.45, 7) is 5.46. The number of sulfonamides is 1. The summed E-state index contributed by atoms with van der Waals surface area (Å²) in [6, 6.07) is 4.88. The average Bonchev–Trinajstić information content (AvgIpc) is 3.13. The van der Waals surface area contributed by atoms with Gasteiger partial charge in [-0.15, -0.1) is 0 Å². The Hall–Kier alpha value is -1.90. The van der Waals surface area contributed by atoms with E-state index >= 15 is 0 Å². The first-order valence-electron chi connectivity index (χ1n) is 8.54. The van der Waals surface area contributed by atoms with Crippen molar-refractivity contribution in [3.05, 3.63) is 41.2 Å². The second-order valence-electron chi connectivity index (χ2n) is 6.45. The van der Waals surface area contributed by atoms with Gasteiger partial charge in [-0.05, 0) is 24.6 Å². The Bertz CT molecular complexity index is 917. The van der Waals surface area contributed by atoms with Crippen LogP contribution in [0.25, 0.3) is 0 Å². The Morgan fingerprint density at radius 3 is 2.58 bits per heavy atom. The van der Waals surface area contributed by atoms with Crippen molar-refractivity contribution in [1.29, 1.82) is 0 Å². The van der Waals surface area contributed by atoms with Crippen LogP contribution >= 0.6 is 11.6 Å². The summed E-state index contributed by atoms with van der Waals surface area (Å²) in [4.78, 5) is 13.4. The number of amidine groups is 2. The van der Waals surface area contributed by atoms with Gasteiger partial charge in [-0.2, -0.15) is 4.31 Å². The van der Waals surface area contributed by atoms with E-state index in [1.165, 1.54) is 10.4 Å². The fourth-order valence-electron chi connectivity index (χ4n) is 3.29. The quantitative estimate of drug-likeness (QED) is 0.764. The third kappa shape index (κ3) is 3.02. The van der Waals surface area contributed by atoms with Gasteiger partial charge >= 0.3 is 0 Å². The topological polar surface area (TPSA) is 68.6 Å². The molecular weight excluding hydrogens is 374 g/mol. The largest absolute Gasteiger partial charge is 0.351 e. The van der Waals surface area contributed by atoms with Crippen molar-refractivity contribution in [3.63, 3.8) is 0 Å². The fraction of sp³-hybridized carbons (Fsp3) is 0.412. The highest BCUT2D eigenvalue weighted by molar-refractivity contribution is 7.89. The van der Waals surface area contributed by atoms with Crippen molar-refractivity contribution in [2.24, 2.45) is 9.98 Å². The van der Waals surface area contributed by atoms with Crippen LogP contribution in [0, 0.1) is 6.92 Å². The van der Waals surface area contributed by atoms with E-state index in [4.69, 9.17) is 11.6 Å². The third-order valence-electron chi connectivity index (χ3n) is 4.84. The number of halogens is 1. The predicted molar refractivity (Wildman–Crippen MR) is 102 cm³/mol. The molecule has 0 unspecified atom stereocenters. The van der Waals surface area contributed by atoms with Crippen molar-refractivity contribution in [3.8, 4) is 0 Å². The highest BCUT2D eigenvalue weighted by Crippen LogP contribution is 2.24. The van der Waals surface area contributed by atoms with Gasteiger partial charge in [0.2, 0.25) is 10.0 Å². The minimum Gasteiger partial charge on any atom is -0.351 e. The number of rotatable bonds is 2. The zero-order chi connectivity index (χ0) is 18.3. The molecule has 138 valence electrons. The number of aliphatic imine (C=N–C) groups is 2. The first-order chi connectivity index (χ1) is 12.5. The second-order valence-corrected chi connectivity index (χ2v) is 8.80. The molecule has 0 radical (unpaired) electrons. The van der Waals surface area contributed by atoms with Gasteiger partial charge in [0.1, 0.15) is 0 Å². The summed E-state index contributed by atoms with van der Waals surface area (Å²) in [5.41, 5.74) is 0.862. The predicted octanol–water partition coefficient (Wildman–Crippen LogP) is 1.55. The minimum atomic E-state index is -3.55. The highest BCUT2D eigenvalue weighted by Gasteiger charge is 2.33. The van der Waals surface area contributed by atoms with Crippen molar-refractivity contribution >= 4 is 33.3 Å². The van der Waals surface area contributed by atoms with Crippen LogP contribution in [-0.4, -0.2) is 73.5 Å². The molecule has 0 amide bonds. The number of aryl methyl sites for hydroxylation is 1. The molecule has 3 aliphatic rings. The molecule has 3 aliphatic heterocycles. The molecular formula is C17H20ClN5O2S. The Kier molecular flexibility index (Phi) is 4.50. The number of fused-ring (bicyclic) bond motifs is 1. The van der Waals surface area contributed by atoms with Crippen molar-refractivity contribution in [2.75, 3.05) is 39.3 Å². The molecule has 0 saturated carbocycles. The second kappa shape index (κ2) is 6.68. The van der Waals surface area contributed by atoms with Crippen LogP contribution in [0.3, 0.4) is 0 Å². The van der Waals surface area contributed by atoms with Gasteiger partial charge in [0.05, 0.1) is 11.4 Å². The van der Waals surface area contributed by atoms with Gasteiger partial charge in [0.25, 0.3) is 0 Å². The summed E-state index contributed by atoms with van der Waals surface area (Å²) in [5, 5.41) is 0.465. The monoisotopic (exact) mass is 393 g/mol. The first kappa shape index (κ1) is 17.5. The summed E-state index contributed by atoms with van der Waals surface area (Å²) in [7, 11) is -3.55. The fourth-order valence-corrected chi connectivity index (χ4v) is 4.99. The van der Waals surface area contributed by atoms with Crippen LogP contribution in [0.4, 0.5) is 0 Å². The van der Waals surface area contributed by atoms with E-state index in [-0.39, 0.29) is 4.90 Å². The molecule has 0 atom stereocenters. The number of hydrogen-bond donors (Lipinski definition) is 0.